The highest BCUT2D eigenvalue weighted by Crippen LogP contribution is 2.46. The molecule has 3 aromatic carbocycles. The van der Waals surface area contributed by atoms with Crippen molar-refractivity contribution in [2.75, 3.05) is 0 Å². The Bertz CT molecular complexity index is 1040. The minimum Gasteiger partial charge on any atom is -0.508 e. The van der Waals surface area contributed by atoms with Crippen molar-refractivity contribution in [2.24, 2.45) is 0 Å². The molecule has 1 N–H and O–H groups in total. The van der Waals surface area contributed by atoms with Crippen LogP contribution in [0.2, 0.25) is 0 Å². The second kappa shape index (κ2) is 5.86. The molecule has 0 aliphatic heterocycles. The Morgan fingerprint density at radius 2 is 1.60 bits per heavy atom. The minimum atomic E-state index is -0.748. The first-order chi connectivity index (χ1) is 11.8. The Hall–Kier alpha value is -3.48. The smallest absolute Gasteiger partial charge is 0.354 e. The first-order valence-corrected chi connectivity index (χ1v) is 7.47. The highest BCUT2D eigenvalue weighted by atomic mass is 16.6. The number of phenolic OH excluding ortho intramolecular Hbond substituents is 1. The van der Waals surface area contributed by atoms with Crippen molar-refractivity contribution in [3.8, 4) is 16.9 Å². The lowest BCUT2D eigenvalue weighted by Crippen LogP contribution is -2.02. The maximum Gasteiger partial charge on any atom is 0.354 e. The van der Waals surface area contributed by atoms with Crippen molar-refractivity contribution in [1.82, 2.24) is 0 Å². The van der Waals surface area contributed by atoms with Crippen LogP contribution < -0.4 is 0 Å². The van der Waals surface area contributed by atoms with Crippen molar-refractivity contribution in [3.05, 3.63) is 73.8 Å². The Labute approximate surface area is 142 Å². The van der Waals surface area contributed by atoms with Crippen LogP contribution in [0.3, 0.4) is 0 Å². The molecule has 0 saturated carbocycles. The highest BCUT2D eigenvalue weighted by molar-refractivity contribution is 6.05. The van der Waals surface area contributed by atoms with Crippen molar-refractivity contribution < 1.29 is 15.0 Å². The molecule has 0 radical (unpaired) electrons. The molecule has 0 atom stereocenters. The summed E-state index contributed by atoms with van der Waals surface area (Å²) in [6, 6.07) is 11.1. The molecule has 0 fully saturated rings. The van der Waals surface area contributed by atoms with Gasteiger partial charge in [-0.3, -0.25) is 20.2 Å². The van der Waals surface area contributed by atoms with Crippen LogP contribution in [0.25, 0.3) is 21.9 Å². The molecule has 0 amide bonds. The molecule has 3 aromatic rings. The quantitative estimate of drug-likeness (QED) is 0.553. The van der Waals surface area contributed by atoms with Gasteiger partial charge < -0.3 is 5.11 Å². The summed E-state index contributed by atoms with van der Waals surface area (Å²) in [5, 5.41) is 34.3. The zero-order chi connectivity index (χ0) is 18.3. The fraction of sp³-hybridized carbons (Fsp3) is 0.111. The fourth-order valence-corrected chi connectivity index (χ4v) is 3.12. The summed E-state index contributed by atoms with van der Waals surface area (Å²) in [6.07, 6.45) is 0. The number of rotatable bonds is 3. The molecule has 0 heterocycles. The normalized spacial score (nSPS) is 10.8. The molecule has 7 nitrogen and oxygen atoms in total. The van der Waals surface area contributed by atoms with Crippen LogP contribution in [0.4, 0.5) is 11.4 Å². The van der Waals surface area contributed by atoms with Crippen molar-refractivity contribution in [2.45, 2.75) is 13.8 Å². The maximum absolute atomic E-state index is 11.7. The SMILES string of the molecule is Cc1ccc(O)c(C)c1-c1c([N+](=O)[O-])c([N+](=O)[O-])cc2ccccc12. The standard InChI is InChI=1S/C18H14N2O5/c1-10-7-8-15(21)11(2)16(10)17-13-6-4-3-5-12(13)9-14(19(22)23)18(17)20(24)25/h3-9,21H,1-2H3. The van der Waals surface area contributed by atoms with E-state index in [0.717, 1.165) is 0 Å². The summed E-state index contributed by atoms with van der Waals surface area (Å²) in [7, 11) is 0. The Balaban J connectivity index is 2.62. The summed E-state index contributed by atoms with van der Waals surface area (Å²) in [5.74, 6) is -0.0227. The zero-order valence-corrected chi connectivity index (χ0v) is 13.5. The number of aromatic hydroxyl groups is 1. The summed E-state index contributed by atoms with van der Waals surface area (Å²) in [6.45, 7) is 3.38. The summed E-state index contributed by atoms with van der Waals surface area (Å²) < 4.78 is 0. The predicted molar refractivity (Wildman–Crippen MR) is 93.8 cm³/mol. The second-order valence-corrected chi connectivity index (χ2v) is 5.76. The predicted octanol–water partition coefficient (Wildman–Crippen LogP) is 4.65. The van der Waals surface area contributed by atoms with Crippen LogP contribution in [0, 0.1) is 34.1 Å². The Morgan fingerprint density at radius 3 is 2.24 bits per heavy atom. The Morgan fingerprint density at radius 1 is 0.920 bits per heavy atom. The van der Waals surface area contributed by atoms with E-state index in [9.17, 15) is 25.3 Å². The maximum atomic E-state index is 11.7. The fourth-order valence-electron chi connectivity index (χ4n) is 3.12. The van der Waals surface area contributed by atoms with Gasteiger partial charge in [-0.15, -0.1) is 0 Å². The van der Waals surface area contributed by atoms with Crippen molar-refractivity contribution in [1.29, 1.82) is 0 Å². The topological polar surface area (TPSA) is 107 Å². The van der Waals surface area contributed by atoms with Gasteiger partial charge in [0.05, 0.1) is 15.4 Å². The van der Waals surface area contributed by atoms with Crippen LogP contribution in [0.1, 0.15) is 11.1 Å². The van der Waals surface area contributed by atoms with E-state index in [1.807, 2.05) is 0 Å². The third-order valence-corrected chi connectivity index (χ3v) is 4.28. The summed E-state index contributed by atoms with van der Waals surface area (Å²) >= 11 is 0. The lowest BCUT2D eigenvalue weighted by molar-refractivity contribution is -0.421. The van der Waals surface area contributed by atoms with E-state index in [1.54, 1.807) is 44.2 Å². The summed E-state index contributed by atoms with van der Waals surface area (Å²) in [4.78, 5) is 21.7. The average molecular weight is 338 g/mol. The molecule has 7 heteroatoms. The number of nitrogens with zero attached hydrogens (tertiary/aromatic N) is 2. The number of phenols is 1. The molecule has 0 aromatic heterocycles. The van der Waals surface area contributed by atoms with Gasteiger partial charge in [-0.1, -0.05) is 30.3 Å². The lowest BCUT2D eigenvalue weighted by atomic mass is 9.89. The number of hydrogen-bond donors (Lipinski definition) is 1. The van der Waals surface area contributed by atoms with Gasteiger partial charge in [-0.25, -0.2) is 0 Å². The van der Waals surface area contributed by atoms with Gasteiger partial charge in [0, 0.05) is 6.07 Å². The average Bonchev–Trinajstić information content (AvgIpc) is 2.57. The molecule has 3 rings (SSSR count). The third kappa shape index (κ3) is 2.55. The van der Waals surface area contributed by atoms with E-state index >= 15 is 0 Å². The van der Waals surface area contributed by atoms with E-state index < -0.39 is 21.2 Å². The van der Waals surface area contributed by atoms with E-state index in [-0.39, 0.29) is 11.3 Å². The largest absolute Gasteiger partial charge is 0.508 e. The molecule has 0 unspecified atom stereocenters. The lowest BCUT2D eigenvalue weighted by Gasteiger charge is -2.14. The first-order valence-electron chi connectivity index (χ1n) is 7.47. The van der Waals surface area contributed by atoms with Crippen LogP contribution in [0.15, 0.2) is 42.5 Å². The van der Waals surface area contributed by atoms with E-state index in [4.69, 9.17) is 0 Å². The van der Waals surface area contributed by atoms with E-state index in [1.165, 1.54) is 12.1 Å². The number of aryl methyl sites for hydroxylation is 1. The second-order valence-electron chi connectivity index (χ2n) is 5.76. The molecular formula is C18H14N2O5. The molecule has 25 heavy (non-hydrogen) atoms. The zero-order valence-electron chi connectivity index (χ0n) is 13.5. The molecule has 0 saturated heterocycles. The van der Waals surface area contributed by atoms with Crippen molar-refractivity contribution >= 4 is 22.1 Å². The van der Waals surface area contributed by atoms with Gasteiger partial charge in [0.25, 0.3) is 0 Å². The molecule has 126 valence electrons. The third-order valence-electron chi connectivity index (χ3n) is 4.28. The van der Waals surface area contributed by atoms with Crippen LogP contribution in [0.5, 0.6) is 5.75 Å². The Kier molecular flexibility index (Phi) is 3.84. The van der Waals surface area contributed by atoms with Crippen molar-refractivity contribution in [3.63, 3.8) is 0 Å². The first kappa shape index (κ1) is 16.4. The van der Waals surface area contributed by atoms with Gasteiger partial charge in [-0.2, -0.15) is 0 Å². The number of fused-ring (bicyclic) bond motifs is 1. The molecular weight excluding hydrogens is 324 g/mol. The van der Waals surface area contributed by atoms with Crippen LogP contribution in [-0.2, 0) is 0 Å². The molecule has 0 spiro atoms. The van der Waals surface area contributed by atoms with Gasteiger partial charge in [0.15, 0.2) is 0 Å². The molecule has 0 aliphatic carbocycles. The minimum absolute atomic E-state index is 0.0227. The number of hydrogen-bond acceptors (Lipinski definition) is 5. The van der Waals surface area contributed by atoms with Gasteiger partial charge in [0.2, 0.25) is 0 Å². The van der Waals surface area contributed by atoms with E-state index in [2.05, 4.69) is 0 Å². The molecule has 0 aliphatic rings. The van der Waals surface area contributed by atoms with Gasteiger partial charge in [0.1, 0.15) is 5.75 Å². The highest BCUT2D eigenvalue weighted by Gasteiger charge is 2.33. The number of nitro benzene ring substituents is 2. The molecule has 0 bridgehead atoms. The van der Waals surface area contributed by atoms with Gasteiger partial charge in [-0.05, 0) is 47.4 Å². The van der Waals surface area contributed by atoms with Crippen LogP contribution >= 0.6 is 0 Å². The van der Waals surface area contributed by atoms with E-state index in [0.29, 0.717) is 27.5 Å². The number of nitro groups is 2. The van der Waals surface area contributed by atoms with Crippen LogP contribution in [-0.4, -0.2) is 15.0 Å². The summed E-state index contributed by atoms with van der Waals surface area (Å²) in [5.41, 5.74) is 0.575. The monoisotopic (exact) mass is 338 g/mol. The number of benzene rings is 3. The van der Waals surface area contributed by atoms with Gasteiger partial charge >= 0.3 is 11.4 Å².